The molecule has 1 aromatic heterocycles. The Balaban J connectivity index is 1.39. The molecule has 10 heteroatoms. The Kier molecular flexibility index (Phi) is 6.30. The second kappa shape index (κ2) is 9.49. The molecule has 0 spiro atoms. The molecular formula is C24H20N2O8. The van der Waals surface area contributed by atoms with Crippen molar-refractivity contribution in [1.82, 2.24) is 4.90 Å². The molecule has 1 aliphatic rings. The molecule has 174 valence electrons. The van der Waals surface area contributed by atoms with E-state index in [0.29, 0.717) is 22.9 Å². The second-order valence-corrected chi connectivity index (χ2v) is 7.26. The summed E-state index contributed by atoms with van der Waals surface area (Å²) < 4.78 is 20.6. The smallest absolute Gasteiger partial charge is 0.338 e. The molecule has 2 heterocycles. The van der Waals surface area contributed by atoms with Gasteiger partial charge in [0.2, 0.25) is 0 Å². The normalized spacial score (nSPS) is 12.4. The van der Waals surface area contributed by atoms with Crippen LogP contribution in [0, 0.1) is 0 Å². The van der Waals surface area contributed by atoms with Gasteiger partial charge in [-0.25, -0.2) is 4.79 Å². The predicted octanol–water partition coefficient (Wildman–Crippen LogP) is 2.89. The third-order valence-corrected chi connectivity index (χ3v) is 5.07. The summed E-state index contributed by atoms with van der Waals surface area (Å²) >= 11 is 0. The Hall–Kier alpha value is -4.60. The average molecular weight is 464 g/mol. The van der Waals surface area contributed by atoms with Gasteiger partial charge in [0.15, 0.2) is 6.61 Å². The minimum atomic E-state index is -0.814. The van der Waals surface area contributed by atoms with Crippen LogP contribution >= 0.6 is 0 Å². The molecule has 1 N–H and O–H groups in total. The summed E-state index contributed by atoms with van der Waals surface area (Å²) in [5.74, 6) is -1.02. The lowest BCUT2D eigenvalue weighted by molar-refractivity contribution is -0.119. The van der Waals surface area contributed by atoms with E-state index >= 15 is 0 Å². The van der Waals surface area contributed by atoms with Crippen LogP contribution in [0.5, 0.6) is 11.5 Å². The van der Waals surface area contributed by atoms with Crippen molar-refractivity contribution in [2.75, 3.05) is 26.1 Å². The number of amides is 3. The van der Waals surface area contributed by atoms with Crippen molar-refractivity contribution < 1.29 is 37.8 Å². The van der Waals surface area contributed by atoms with Crippen molar-refractivity contribution in [3.05, 3.63) is 77.2 Å². The fraction of sp³-hybridized carbons (Fsp3) is 0.167. The lowest BCUT2D eigenvalue weighted by Crippen LogP contribution is -2.28. The van der Waals surface area contributed by atoms with E-state index in [0.717, 1.165) is 4.90 Å². The largest absolute Gasteiger partial charge is 0.497 e. The van der Waals surface area contributed by atoms with Crippen molar-refractivity contribution in [3.63, 3.8) is 0 Å². The van der Waals surface area contributed by atoms with E-state index in [9.17, 15) is 19.2 Å². The highest BCUT2D eigenvalue weighted by Crippen LogP contribution is 2.27. The third kappa shape index (κ3) is 4.60. The number of anilines is 1. The molecule has 10 nitrogen and oxygen atoms in total. The zero-order chi connectivity index (χ0) is 24.2. The highest BCUT2D eigenvalue weighted by atomic mass is 16.5. The van der Waals surface area contributed by atoms with Gasteiger partial charge in [0, 0.05) is 23.9 Å². The van der Waals surface area contributed by atoms with E-state index in [1.165, 1.54) is 38.7 Å². The summed E-state index contributed by atoms with van der Waals surface area (Å²) in [6.45, 7) is -0.582. The fourth-order valence-corrected chi connectivity index (χ4v) is 3.41. The number of methoxy groups -OCH3 is 2. The number of furan rings is 1. The zero-order valence-electron chi connectivity index (χ0n) is 18.3. The Bertz CT molecular complexity index is 1240. The van der Waals surface area contributed by atoms with Crippen molar-refractivity contribution in [1.29, 1.82) is 0 Å². The molecule has 0 unspecified atom stereocenters. The zero-order valence-corrected chi connectivity index (χ0v) is 18.3. The quantitative estimate of drug-likeness (QED) is 0.399. The minimum absolute atomic E-state index is 0.0195. The number of nitrogens with zero attached hydrogens (tertiary/aromatic N) is 1. The van der Waals surface area contributed by atoms with Crippen molar-refractivity contribution in [2.24, 2.45) is 0 Å². The standard InChI is InChI=1S/C24H20N2O8/c1-31-17-9-15(10-18(11-17)32-2)25-21(27)13-34-24(30)14-5-6-19-20(8-14)23(29)26(22(19)28)12-16-4-3-7-33-16/h3-11H,12-13H2,1-2H3,(H,25,27). The van der Waals surface area contributed by atoms with Crippen LogP contribution in [-0.2, 0) is 16.1 Å². The van der Waals surface area contributed by atoms with Crippen molar-refractivity contribution in [3.8, 4) is 11.5 Å². The van der Waals surface area contributed by atoms with Crippen LogP contribution in [0.1, 0.15) is 36.8 Å². The van der Waals surface area contributed by atoms with E-state index in [4.69, 9.17) is 18.6 Å². The summed E-state index contributed by atoms with van der Waals surface area (Å²) in [6.07, 6.45) is 1.45. The average Bonchev–Trinajstić information content (AvgIpc) is 3.45. The van der Waals surface area contributed by atoms with Crippen LogP contribution in [0.3, 0.4) is 0 Å². The van der Waals surface area contributed by atoms with E-state index < -0.39 is 30.3 Å². The lowest BCUT2D eigenvalue weighted by atomic mass is 10.1. The fourth-order valence-electron chi connectivity index (χ4n) is 3.41. The predicted molar refractivity (Wildman–Crippen MR) is 118 cm³/mol. The molecule has 0 atom stereocenters. The summed E-state index contributed by atoms with van der Waals surface area (Å²) in [4.78, 5) is 51.0. The van der Waals surface area contributed by atoms with Gasteiger partial charge in [0.25, 0.3) is 17.7 Å². The molecule has 34 heavy (non-hydrogen) atoms. The molecule has 3 aromatic rings. The topological polar surface area (TPSA) is 124 Å². The van der Waals surface area contributed by atoms with Gasteiger partial charge in [-0.05, 0) is 30.3 Å². The lowest BCUT2D eigenvalue weighted by Gasteiger charge is -2.11. The first-order chi connectivity index (χ1) is 16.4. The first-order valence-electron chi connectivity index (χ1n) is 10.1. The summed E-state index contributed by atoms with van der Waals surface area (Å²) in [5, 5.41) is 2.59. The third-order valence-electron chi connectivity index (χ3n) is 5.07. The molecule has 0 radical (unpaired) electrons. The van der Waals surface area contributed by atoms with Crippen molar-refractivity contribution >= 4 is 29.4 Å². The summed E-state index contributed by atoms with van der Waals surface area (Å²) in [6, 6.07) is 12.2. The van der Waals surface area contributed by atoms with E-state index in [1.54, 1.807) is 30.3 Å². The Morgan fingerprint density at radius 3 is 2.29 bits per heavy atom. The maximum Gasteiger partial charge on any atom is 0.338 e. The van der Waals surface area contributed by atoms with Gasteiger partial charge in [-0.2, -0.15) is 0 Å². The number of hydrogen-bond acceptors (Lipinski definition) is 8. The van der Waals surface area contributed by atoms with Crippen LogP contribution in [0.4, 0.5) is 5.69 Å². The Labute approximate surface area is 194 Å². The van der Waals surface area contributed by atoms with Crippen LogP contribution in [0.15, 0.2) is 59.2 Å². The monoisotopic (exact) mass is 464 g/mol. The number of nitrogens with one attached hydrogen (secondary N) is 1. The van der Waals surface area contributed by atoms with E-state index in [-0.39, 0.29) is 23.2 Å². The highest BCUT2D eigenvalue weighted by Gasteiger charge is 2.36. The van der Waals surface area contributed by atoms with Gasteiger partial charge in [-0.15, -0.1) is 0 Å². The second-order valence-electron chi connectivity index (χ2n) is 7.26. The molecular weight excluding hydrogens is 444 g/mol. The summed E-state index contributed by atoms with van der Waals surface area (Å²) in [5.41, 5.74) is 0.697. The Morgan fingerprint density at radius 2 is 1.65 bits per heavy atom. The van der Waals surface area contributed by atoms with E-state index in [2.05, 4.69) is 5.32 Å². The first kappa shape index (κ1) is 22.6. The van der Waals surface area contributed by atoms with E-state index in [1.807, 2.05) is 0 Å². The number of esters is 1. The number of carbonyl (C=O) groups is 4. The van der Waals surface area contributed by atoms with Crippen LogP contribution in [-0.4, -0.2) is 49.4 Å². The maximum atomic E-state index is 12.7. The number of hydrogen-bond donors (Lipinski definition) is 1. The van der Waals surface area contributed by atoms with Crippen molar-refractivity contribution in [2.45, 2.75) is 6.54 Å². The number of carbonyl (C=O) groups excluding carboxylic acids is 4. The minimum Gasteiger partial charge on any atom is -0.497 e. The number of benzene rings is 2. The molecule has 0 aliphatic carbocycles. The Morgan fingerprint density at radius 1 is 0.941 bits per heavy atom. The van der Waals surface area contributed by atoms with Gasteiger partial charge in [-0.3, -0.25) is 19.3 Å². The number of rotatable bonds is 8. The highest BCUT2D eigenvalue weighted by molar-refractivity contribution is 6.21. The molecule has 4 rings (SSSR count). The maximum absolute atomic E-state index is 12.7. The molecule has 1 aliphatic heterocycles. The van der Waals surface area contributed by atoms with Gasteiger partial charge < -0.3 is 23.9 Å². The van der Waals surface area contributed by atoms with Crippen LogP contribution in [0.2, 0.25) is 0 Å². The van der Waals surface area contributed by atoms with Crippen LogP contribution in [0.25, 0.3) is 0 Å². The SMILES string of the molecule is COc1cc(NC(=O)COC(=O)c2ccc3c(c2)C(=O)N(Cc2ccco2)C3=O)cc(OC)c1. The molecule has 2 aromatic carbocycles. The molecule has 0 saturated heterocycles. The molecule has 0 bridgehead atoms. The van der Waals surface area contributed by atoms with Gasteiger partial charge in [0.05, 0.1) is 43.7 Å². The van der Waals surface area contributed by atoms with Gasteiger partial charge in [0.1, 0.15) is 17.3 Å². The molecule has 0 saturated carbocycles. The number of ether oxygens (including phenoxy) is 3. The first-order valence-corrected chi connectivity index (χ1v) is 10.1. The number of imide groups is 1. The van der Waals surface area contributed by atoms with Gasteiger partial charge >= 0.3 is 5.97 Å². The number of fused-ring (bicyclic) bond motifs is 1. The summed E-state index contributed by atoms with van der Waals surface area (Å²) in [7, 11) is 2.96. The molecule has 0 fully saturated rings. The molecule has 3 amide bonds. The van der Waals surface area contributed by atoms with Gasteiger partial charge in [-0.1, -0.05) is 0 Å². The van der Waals surface area contributed by atoms with Crippen LogP contribution < -0.4 is 14.8 Å².